The van der Waals surface area contributed by atoms with Gasteiger partial charge in [0.05, 0.1) is 34.3 Å². The van der Waals surface area contributed by atoms with Crippen molar-refractivity contribution in [1.82, 2.24) is 9.88 Å². The summed E-state index contributed by atoms with van der Waals surface area (Å²) in [6.07, 6.45) is -4.42. The molecule has 0 spiro atoms. The zero-order valence-corrected chi connectivity index (χ0v) is 25.4. The predicted molar refractivity (Wildman–Crippen MR) is 163 cm³/mol. The van der Waals surface area contributed by atoms with Crippen molar-refractivity contribution in [3.8, 4) is 28.7 Å². The maximum atomic E-state index is 16.0. The number of hydrogen-bond acceptors (Lipinski definition) is 6. The summed E-state index contributed by atoms with van der Waals surface area (Å²) in [5.41, 5.74) is -0.958. The lowest BCUT2D eigenvalue weighted by Gasteiger charge is -2.28. The molecule has 238 valence electrons. The molecule has 2 aliphatic rings. The highest BCUT2D eigenvalue weighted by Gasteiger charge is 2.39. The Bertz CT molecular complexity index is 1890. The van der Waals surface area contributed by atoms with Crippen LogP contribution in [-0.2, 0) is 12.6 Å². The first-order valence-corrected chi connectivity index (χ1v) is 15.6. The Hall–Kier alpha value is -4.34. The summed E-state index contributed by atoms with van der Waals surface area (Å²) >= 11 is 1.29. The predicted octanol–water partition coefficient (Wildman–Crippen LogP) is 7.72. The van der Waals surface area contributed by atoms with Gasteiger partial charge in [0.15, 0.2) is 11.6 Å². The number of alkyl halides is 3. The lowest BCUT2D eigenvalue weighted by molar-refractivity contribution is -0.138. The number of nitrogens with one attached hydrogen (secondary N) is 1. The van der Waals surface area contributed by atoms with Gasteiger partial charge in [-0.2, -0.15) is 18.4 Å². The molecule has 0 aliphatic carbocycles. The number of nitriles is 1. The van der Waals surface area contributed by atoms with Crippen LogP contribution in [-0.4, -0.2) is 23.7 Å². The molecule has 3 heterocycles. The normalized spacial score (nSPS) is 15.9. The summed E-state index contributed by atoms with van der Waals surface area (Å²) in [7, 11) is 0. The summed E-state index contributed by atoms with van der Waals surface area (Å²) < 4.78 is 85.6. The minimum absolute atomic E-state index is 0.0526. The largest absolute Gasteiger partial charge is 0.453 e. The van der Waals surface area contributed by atoms with Gasteiger partial charge in [0.25, 0.3) is 5.56 Å². The quantitative estimate of drug-likeness (QED) is 0.147. The first kappa shape index (κ1) is 31.6. The molecule has 2 aliphatic heterocycles. The van der Waals surface area contributed by atoms with Gasteiger partial charge in [0, 0.05) is 29.7 Å². The molecule has 12 heteroatoms. The maximum Gasteiger partial charge on any atom is 0.416 e. The van der Waals surface area contributed by atoms with E-state index in [1.165, 1.54) is 28.5 Å². The molecular formula is C34H28F5N3O3S. The van der Waals surface area contributed by atoms with E-state index in [4.69, 9.17) is 14.7 Å². The number of halogens is 5. The number of thioether (sulfide) groups is 1. The third-order valence-electron chi connectivity index (χ3n) is 8.36. The van der Waals surface area contributed by atoms with Gasteiger partial charge >= 0.3 is 6.18 Å². The number of nitrogens with zero attached hydrogens (tertiary/aromatic N) is 2. The molecule has 0 amide bonds. The second-order valence-corrected chi connectivity index (χ2v) is 12.1. The van der Waals surface area contributed by atoms with Crippen molar-refractivity contribution in [3.05, 3.63) is 110 Å². The van der Waals surface area contributed by atoms with E-state index in [-0.39, 0.29) is 35.0 Å². The molecule has 2 unspecified atom stereocenters. The minimum Gasteiger partial charge on any atom is -0.453 e. The van der Waals surface area contributed by atoms with Gasteiger partial charge in [-0.3, -0.25) is 9.36 Å². The molecule has 6 nitrogen and oxygen atoms in total. The van der Waals surface area contributed by atoms with E-state index in [1.54, 1.807) is 6.92 Å². The van der Waals surface area contributed by atoms with Crippen molar-refractivity contribution < 1.29 is 31.4 Å². The van der Waals surface area contributed by atoms with E-state index in [1.807, 2.05) is 30.3 Å². The third-order valence-corrected chi connectivity index (χ3v) is 9.58. The topological polar surface area (TPSA) is 76.3 Å². The van der Waals surface area contributed by atoms with Crippen LogP contribution >= 0.6 is 11.8 Å². The summed E-state index contributed by atoms with van der Waals surface area (Å²) in [5.74, 6) is -1.50. The van der Waals surface area contributed by atoms with Gasteiger partial charge in [-0.1, -0.05) is 36.4 Å². The monoisotopic (exact) mass is 653 g/mol. The number of rotatable bonds is 9. The van der Waals surface area contributed by atoms with E-state index in [2.05, 4.69) is 11.4 Å². The highest BCUT2D eigenvalue weighted by Crippen LogP contribution is 2.46. The zero-order chi connectivity index (χ0) is 32.6. The molecule has 0 saturated heterocycles. The lowest BCUT2D eigenvalue weighted by Crippen LogP contribution is -2.36. The summed E-state index contributed by atoms with van der Waals surface area (Å²) in [6.45, 7) is 1.81. The Morgan fingerprint density at radius 1 is 1.07 bits per heavy atom. The molecular weight excluding hydrogens is 625 g/mol. The lowest BCUT2D eigenvalue weighted by atomic mass is 9.91. The highest BCUT2D eigenvalue weighted by atomic mass is 32.2. The second kappa shape index (κ2) is 12.8. The van der Waals surface area contributed by atoms with Crippen LogP contribution in [0.1, 0.15) is 52.7 Å². The van der Waals surface area contributed by atoms with E-state index < -0.39 is 53.0 Å². The molecule has 6 rings (SSSR count). The van der Waals surface area contributed by atoms with Crippen LogP contribution in [0.25, 0.3) is 11.1 Å². The smallest absolute Gasteiger partial charge is 0.416 e. The van der Waals surface area contributed by atoms with Crippen LogP contribution in [0, 0.1) is 29.9 Å². The average molecular weight is 654 g/mol. The van der Waals surface area contributed by atoms with Crippen molar-refractivity contribution in [2.24, 2.45) is 0 Å². The first-order chi connectivity index (χ1) is 22.1. The number of aromatic nitrogens is 1. The molecule has 3 aromatic carbocycles. The SMILES string of the molecule is Cc1c(Cc2c(F)cccc2C(F)(F)F)c2n(c(=O)c1-c1ccc3c(c1F)OCO3)C(C(NCCCC#N)c1ccccc1)CS2. The molecule has 0 saturated carbocycles. The number of ether oxygens (including phenoxy) is 2. The van der Waals surface area contributed by atoms with Crippen molar-refractivity contribution in [2.45, 2.75) is 49.5 Å². The third kappa shape index (κ3) is 5.74. The van der Waals surface area contributed by atoms with Gasteiger partial charge in [-0.05, 0) is 60.8 Å². The van der Waals surface area contributed by atoms with E-state index >= 15 is 8.78 Å². The Kier molecular flexibility index (Phi) is 8.81. The fourth-order valence-electron chi connectivity index (χ4n) is 6.17. The van der Waals surface area contributed by atoms with Crippen molar-refractivity contribution in [3.63, 3.8) is 0 Å². The molecule has 0 fully saturated rings. The Labute approximate surface area is 265 Å². The number of hydrogen-bond donors (Lipinski definition) is 1. The van der Waals surface area contributed by atoms with Crippen LogP contribution in [0.3, 0.4) is 0 Å². The Morgan fingerprint density at radius 2 is 1.85 bits per heavy atom. The molecule has 1 aromatic heterocycles. The molecule has 46 heavy (non-hydrogen) atoms. The number of benzene rings is 3. The second-order valence-electron chi connectivity index (χ2n) is 11.0. The molecule has 0 radical (unpaired) electrons. The van der Waals surface area contributed by atoms with Crippen LogP contribution in [0.15, 0.2) is 70.5 Å². The zero-order valence-electron chi connectivity index (χ0n) is 24.6. The van der Waals surface area contributed by atoms with Gasteiger partial charge in [-0.25, -0.2) is 8.78 Å². The van der Waals surface area contributed by atoms with Crippen LogP contribution in [0.2, 0.25) is 0 Å². The highest BCUT2D eigenvalue weighted by molar-refractivity contribution is 7.99. The van der Waals surface area contributed by atoms with Crippen LogP contribution in [0.5, 0.6) is 11.5 Å². The van der Waals surface area contributed by atoms with Crippen molar-refractivity contribution in [1.29, 1.82) is 5.26 Å². The van der Waals surface area contributed by atoms with E-state index in [9.17, 15) is 18.0 Å². The average Bonchev–Trinajstić information content (AvgIpc) is 3.69. The molecule has 4 aromatic rings. The maximum absolute atomic E-state index is 16.0. The Morgan fingerprint density at radius 3 is 2.59 bits per heavy atom. The van der Waals surface area contributed by atoms with E-state index in [0.29, 0.717) is 35.7 Å². The van der Waals surface area contributed by atoms with Gasteiger partial charge in [-0.15, -0.1) is 11.8 Å². The summed E-state index contributed by atoms with van der Waals surface area (Å²) in [4.78, 5) is 14.5. The number of fused-ring (bicyclic) bond motifs is 2. The van der Waals surface area contributed by atoms with Gasteiger partial charge < -0.3 is 14.8 Å². The molecule has 0 bridgehead atoms. The number of unbranched alkanes of at least 4 members (excludes halogenated alkanes) is 1. The fraction of sp³-hybridized carbons (Fsp3) is 0.294. The fourth-order valence-corrected chi connectivity index (χ4v) is 7.60. The molecule has 1 N–H and O–H groups in total. The van der Waals surface area contributed by atoms with Crippen LogP contribution < -0.4 is 20.3 Å². The Balaban J connectivity index is 1.58. The molecule has 2 atom stereocenters. The summed E-state index contributed by atoms with van der Waals surface area (Å²) in [6, 6.07) is 16.2. The summed E-state index contributed by atoms with van der Waals surface area (Å²) in [5, 5.41) is 12.9. The van der Waals surface area contributed by atoms with Gasteiger partial charge in [0.2, 0.25) is 12.5 Å². The van der Waals surface area contributed by atoms with E-state index in [0.717, 1.165) is 23.8 Å². The van der Waals surface area contributed by atoms with Crippen LogP contribution in [0.4, 0.5) is 22.0 Å². The standard InChI is InChI=1S/C34H28F5N3O3S/c1-19-22(16-23-24(34(37,38)39)10-7-11-25(23)35)33-42(32(43)28(19)21-12-13-27-31(29(21)36)45-18-44-27)26(17-46-33)30(41-15-6-5-14-40)20-8-3-2-4-9-20/h2-4,7-13,26,30,41H,5-6,15-18H2,1H3. The first-order valence-electron chi connectivity index (χ1n) is 14.6. The number of pyridine rings is 1. The van der Waals surface area contributed by atoms with Gasteiger partial charge in [0.1, 0.15) is 5.82 Å². The van der Waals surface area contributed by atoms with Crippen molar-refractivity contribution in [2.75, 3.05) is 19.1 Å². The van der Waals surface area contributed by atoms with Crippen molar-refractivity contribution >= 4 is 11.8 Å². The minimum atomic E-state index is -4.83.